The molecule has 0 unspecified atom stereocenters. The molecule has 1 aromatic heterocycles. The molecular weight excluding hydrogens is 318 g/mol. The molecule has 3 heteroatoms. The zero-order valence-corrected chi connectivity index (χ0v) is 13.4. The summed E-state index contributed by atoms with van der Waals surface area (Å²) in [4.78, 5) is 4.78. The van der Waals surface area contributed by atoms with Crippen molar-refractivity contribution in [1.82, 2.24) is 4.98 Å². The lowest BCUT2D eigenvalue weighted by Crippen LogP contribution is -1.81. The fourth-order valence-corrected chi connectivity index (χ4v) is 3.39. The van der Waals surface area contributed by atoms with Crippen molar-refractivity contribution >= 4 is 44.2 Å². The highest BCUT2D eigenvalue weighted by Gasteiger charge is 2.13. The lowest BCUT2D eigenvalue weighted by Gasteiger charge is -2.04. The molecule has 0 amide bonds. The molecule has 0 spiro atoms. The number of benzene rings is 4. The van der Waals surface area contributed by atoms with Crippen molar-refractivity contribution < 1.29 is 4.42 Å². The van der Waals surface area contributed by atoms with E-state index in [1.165, 1.54) is 0 Å². The van der Waals surface area contributed by atoms with Gasteiger partial charge in [-0.3, -0.25) is 0 Å². The molecule has 24 heavy (non-hydrogen) atoms. The highest BCUT2D eigenvalue weighted by molar-refractivity contribution is 6.32. The van der Waals surface area contributed by atoms with Gasteiger partial charge in [0, 0.05) is 16.0 Å². The minimum atomic E-state index is 0.643. The van der Waals surface area contributed by atoms with E-state index >= 15 is 0 Å². The lowest BCUT2D eigenvalue weighted by molar-refractivity contribution is 0.620. The summed E-state index contributed by atoms with van der Waals surface area (Å²) < 4.78 is 6.00. The quantitative estimate of drug-likeness (QED) is 0.330. The van der Waals surface area contributed by atoms with Crippen molar-refractivity contribution in [2.45, 2.75) is 0 Å². The van der Waals surface area contributed by atoms with Gasteiger partial charge in [0.05, 0.1) is 0 Å². The average molecular weight is 330 g/mol. The van der Waals surface area contributed by atoms with Crippen molar-refractivity contribution in [3.8, 4) is 11.5 Å². The monoisotopic (exact) mass is 329 g/mol. The number of hydrogen-bond donors (Lipinski definition) is 0. The third-order valence-electron chi connectivity index (χ3n) is 4.34. The van der Waals surface area contributed by atoms with Crippen LogP contribution in [0.25, 0.3) is 44.1 Å². The van der Waals surface area contributed by atoms with Crippen LogP contribution in [-0.2, 0) is 0 Å². The van der Waals surface area contributed by atoms with Crippen molar-refractivity contribution in [2.24, 2.45) is 0 Å². The summed E-state index contributed by atoms with van der Waals surface area (Å²) in [5.41, 5.74) is 2.66. The zero-order chi connectivity index (χ0) is 16.1. The Labute approximate surface area is 143 Å². The van der Waals surface area contributed by atoms with Crippen LogP contribution in [0.15, 0.2) is 77.2 Å². The second-order valence-electron chi connectivity index (χ2n) is 5.83. The van der Waals surface area contributed by atoms with Crippen molar-refractivity contribution in [1.29, 1.82) is 0 Å². The maximum absolute atomic E-state index is 6.14. The van der Waals surface area contributed by atoms with Crippen LogP contribution < -0.4 is 0 Å². The molecule has 5 aromatic rings. The first kappa shape index (κ1) is 13.6. The maximum atomic E-state index is 6.14. The number of fused-ring (bicyclic) bond motifs is 5. The van der Waals surface area contributed by atoms with E-state index < -0.39 is 0 Å². The molecule has 0 saturated heterocycles. The van der Waals surface area contributed by atoms with Crippen LogP contribution >= 0.6 is 11.6 Å². The predicted molar refractivity (Wildman–Crippen MR) is 99.5 cm³/mol. The molecule has 0 atom stereocenters. The van der Waals surface area contributed by atoms with Gasteiger partial charge in [-0.2, -0.15) is 0 Å². The summed E-state index contributed by atoms with van der Waals surface area (Å²) in [6.07, 6.45) is 0. The van der Waals surface area contributed by atoms with E-state index in [0.717, 1.165) is 43.2 Å². The lowest BCUT2D eigenvalue weighted by atomic mass is 10.0. The van der Waals surface area contributed by atoms with Crippen LogP contribution in [0.4, 0.5) is 0 Å². The molecule has 0 fully saturated rings. The van der Waals surface area contributed by atoms with Crippen LogP contribution in [0.5, 0.6) is 0 Å². The van der Waals surface area contributed by atoms with Crippen LogP contribution in [0, 0.1) is 0 Å². The van der Waals surface area contributed by atoms with Crippen LogP contribution in [-0.4, -0.2) is 4.98 Å². The molecule has 0 saturated carbocycles. The average Bonchev–Trinajstić information content (AvgIpc) is 3.06. The van der Waals surface area contributed by atoms with E-state index in [4.69, 9.17) is 21.0 Å². The summed E-state index contributed by atoms with van der Waals surface area (Å²) in [5.74, 6) is 0.643. The van der Waals surface area contributed by atoms with E-state index in [1.807, 2.05) is 48.5 Å². The molecule has 0 aliphatic rings. The van der Waals surface area contributed by atoms with Crippen molar-refractivity contribution in [2.75, 3.05) is 0 Å². The van der Waals surface area contributed by atoms with E-state index in [0.29, 0.717) is 5.89 Å². The van der Waals surface area contributed by atoms with Gasteiger partial charge in [0.2, 0.25) is 5.89 Å². The number of rotatable bonds is 1. The molecule has 0 aliphatic heterocycles. The molecular formula is C21H12ClNO. The molecule has 2 nitrogen and oxygen atoms in total. The van der Waals surface area contributed by atoms with E-state index in [9.17, 15) is 0 Å². The van der Waals surface area contributed by atoms with Gasteiger partial charge < -0.3 is 4.42 Å². The highest BCUT2D eigenvalue weighted by atomic mass is 35.5. The summed E-state index contributed by atoms with van der Waals surface area (Å²) in [5, 5.41) is 5.22. The van der Waals surface area contributed by atoms with Crippen molar-refractivity contribution in [3.63, 3.8) is 0 Å². The first-order valence-corrected chi connectivity index (χ1v) is 8.14. The Hall–Kier alpha value is -2.84. The van der Waals surface area contributed by atoms with Gasteiger partial charge in [0.1, 0.15) is 5.52 Å². The normalized spacial score (nSPS) is 11.5. The number of aromatic nitrogens is 1. The Morgan fingerprint density at radius 2 is 1.58 bits per heavy atom. The summed E-state index contributed by atoms with van der Waals surface area (Å²) in [7, 11) is 0. The second-order valence-corrected chi connectivity index (χ2v) is 6.26. The van der Waals surface area contributed by atoms with Gasteiger partial charge in [-0.1, -0.05) is 54.1 Å². The largest absolute Gasteiger partial charge is 0.436 e. The maximum Gasteiger partial charge on any atom is 0.227 e. The van der Waals surface area contributed by atoms with E-state index in [-0.39, 0.29) is 0 Å². The van der Waals surface area contributed by atoms with Gasteiger partial charge in [-0.15, -0.1) is 0 Å². The Bertz CT molecular complexity index is 1210. The molecule has 0 radical (unpaired) electrons. The van der Waals surface area contributed by atoms with E-state index in [1.54, 1.807) is 0 Å². The van der Waals surface area contributed by atoms with Crippen LogP contribution in [0.3, 0.4) is 0 Å². The third kappa shape index (κ3) is 2.00. The van der Waals surface area contributed by atoms with E-state index in [2.05, 4.69) is 24.3 Å². The van der Waals surface area contributed by atoms with Gasteiger partial charge in [-0.25, -0.2) is 4.98 Å². The molecule has 4 aromatic carbocycles. The molecule has 5 rings (SSSR count). The van der Waals surface area contributed by atoms with Gasteiger partial charge >= 0.3 is 0 Å². The predicted octanol–water partition coefficient (Wildman–Crippen LogP) is 6.45. The smallest absolute Gasteiger partial charge is 0.227 e. The zero-order valence-electron chi connectivity index (χ0n) is 12.7. The Morgan fingerprint density at radius 3 is 2.46 bits per heavy atom. The Kier molecular flexibility index (Phi) is 2.88. The molecule has 0 aliphatic carbocycles. The molecule has 0 N–H and O–H groups in total. The molecule has 1 heterocycles. The summed E-state index contributed by atoms with van der Waals surface area (Å²) >= 11 is 6.14. The highest BCUT2D eigenvalue weighted by Crippen LogP contribution is 2.34. The van der Waals surface area contributed by atoms with Gasteiger partial charge in [0.25, 0.3) is 0 Å². The van der Waals surface area contributed by atoms with Crippen LogP contribution in [0.2, 0.25) is 5.02 Å². The first-order chi connectivity index (χ1) is 11.8. The fourth-order valence-electron chi connectivity index (χ4n) is 3.21. The second kappa shape index (κ2) is 5.08. The van der Waals surface area contributed by atoms with Gasteiger partial charge in [0.15, 0.2) is 5.58 Å². The SMILES string of the molecule is Clc1ccc2c(ccc3ccc4oc(-c5ccccc5)nc4c32)c1. The minimum Gasteiger partial charge on any atom is -0.436 e. The number of oxazole rings is 1. The fraction of sp³-hybridized carbons (Fsp3) is 0. The summed E-state index contributed by atoms with van der Waals surface area (Å²) in [6, 6.07) is 24.2. The molecule has 0 bridgehead atoms. The van der Waals surface area contributed by atoms with Crippen molar-refractivity contribution in [3.05, 3.63) is 77.8 Å². The topological polar surface area (TPSA) is 26.0 Å². The number of nitrogens with zero attached hydrogens (tertiary/aromatic N) is 1. The minimum absolute atomic E-state index is 0.643. The number of halogens is 1. The Morgan fingerprint density at radius 1 is 0.792 bits per heavy atom. The standard InChI is InChI=1S/C21H12ClNO/c22-16-9-10-17-15(12-16)7-6-13-8-11-18-20(19(13)17)23-21(24-18)14-4-2-1-3-5-14/h1-12H. The summed E-state index contributed by atoms with van der Waals surface area (Å²) in [6.45, 7) is 0. The van der Waals surface area contributed by atoms with Crippen LogP contribution in [0.1, 0.15) is 0 Å². The van der Waals surface area contributed by atoms with Gasteiger partial charge in [-0.05, 0) is 46.5 Å². The molecule has 114 valence electrons. The number of hydrogen-bond acceptors (Lipinski definition) is 2. The first-order valence-electron chi connectivity index (χ1n) is 7.76. The Balaban J connectivity index is 1.90. The third-order valence-corrected chi connectivity index (χ3v) is 4.57.